The van der Waals surface area contributed by atoms with Crippen LogP contribution in [0.2, 0.25) is 0 Å². The van der Waals surface area contributed by atoms with Crippen LogP contribution in [0.1, 0.15) is 36.3 Å². The lowest BCUT2D eigenvalue weighted by Crippen LogP contribution is -2.44. The van der Waals surface area contributed by atoms with Gasteiger partial charge in [0.2, 0.25) is 17.7 Å². The molecule has 2 bridgehead atoms. The Morgan fingerprint density at radius 3 is 2.25 bits per heavy atom. The van der Waals surface area contributed by atoms with Crippen molar-refractivity contribution in [2.24, 2.45) is 11.8 Å². The summed E-state index contributed by atoms with van der Waals surface area (Å²) in [6, 6.07) is 14.3. The summed E-state index contributed by atoms with van der Waals surface area (Å²) in [5.74, 6) is -2.57. The molecular weight excluding hydrogens is 356 g/mol. The monoisotopic (exact) mass is 374 g/mol. The number of amides is 3. The van der Waals surface area contributed by atoms with Crippen LogP contribution in [0.3, 0.4) is 0 Å². The minimum atomic E-state index is -0.622. The Morgan fingerprint density at radius 1 is 0.929 bits per heavy atom. The smallest absolute Gasteiger partial charge is 0.238 e. The third-order valence-electron chi connectivity index (χ3n) is 6.13. The molecule has 6 heteroatoms. The number of carbonyl (C=O) groups excluding carboxylic acids is 4. The zero-order chi connectivity index (χ0) is 19.6. The highest BCUT2D eigenvalue weighted by Gasteiger charge is 2.62. The topological polar surface area (TPSA) is 83.6 Å². The van der Waals surface area contributed by atoms with Crippen molar-refractivity contribution in [2.75, 3.05) is 10.2 Å². The van der Waals surface area contributed by atoms with E-state index in [-0.39, 0.29) is 29.4 Å². The molecule has 2 aromatic carbocycles. The first-order valence-electron chi connectivity index (χ1n) is 9.34. The van der Waals surface area contributed by atoms with Crippen molar-refractivity contribution in [1.29, 1.82) is 0 Å². The molecule has 2 aromatic rings. The number of rotatable bonds is 2. The normalized spacial score (nSPS) is 27.6. The average molecular weight is 374 g/mol. The number of carbonyl (C=O) groups is 4. The van der Waals surface area contributed by atoms with Gasteiger partial charge in [0.15, 0.2) is 0 Å². The van der Waals surface area contributed by atoms with Gasteiger partial charge in [-0.3, -0.25) is 24.1 Å². The van der Waals surface area contributed by atoms with Crippen molar-refractivity contribution in [3.63, 3.8) is 0 Å². The molecular formula is C22H18N2O4. The maximum absolute atomic E-state index is 13.2. The van der Waals surface area contributed by atoms with Crippen LogP contribution in [0.4, 0.5) is 11.4 Å². The summed E-state index contributed by atoms with van der Waals surface area (Å²) in [5, 5.41) is 2.66. The Kier molecular flexibility index (Phi) is 3.53. The lowest BCUT2D eigenvalue weighted by atomic mass is 9.56. The van der Waals surface area contributed by atoms with E-state index in [9.17, 15) is 19.2 Å². The van der Waals surface area contributed by atoms with Crippen molar-refractivity contribution < 1.29 is 19.2 Å². The number of anilines is 2. The Morgan fingerprint density at radius 2 is 1.57 bits per heavy atom. The first-order valence-corrected chi connectivity index (χ1v) is 9.34. The summed E-state index contributed by atoms with van der Waals surface area (Å²) < 4.78 is 0. The zero-order valence-corrected chi connectivity index (χ0v) is 15.2. The van der Waals surface area contributed by atoms with Crippen LogP contribution < -0.4 is 10.2 Å². The first-order chi connectivity index (χ1) is 13.5. The highest BCUT2D eigenvalue weighted by molar-refractivity contribution is 6.24. The molecule has 6 rings (SSSR count). The molecule has 1 aliphatic heterocycles. The van der Waals surface area contributed by atoms with Crippen LogP contribution in [0.15, 0.2) is 48.5 Å². The lowest BCUT2D eigenvalue weighted by Gasteiger charge is -2.43. The van der Waals surface area contributed by atoms with Crippen LogP contribution in [0.5, 0.6) is 0 Å². The van der Waals surface area contributed by atoms with Gasteiger partial charge in [-0.1, -0.05) is 24.3 Å². The van der Waals surface area contributed by atoms with E-state index in [1.807, 2.05) is 24.3 Å². The van der Waals surface area contributed by atoms with Gasteiger partial charge in [0.1, 0.15) is 5.78 Å². The van der Waals surface area contributed by atoms with E-state index >= 15 is 0 Å². The summed E-state index contributed by atoms with van der Waals surface area (Å²) in [4.78, 5) is 51.6. The molecule has 2 fully saturated rings. The second-order valence-electron chi connectivity index (χ2n) is 7.68. The van der Waals surface area contributed by atoms with Crippen molar-refractivity contribution in [3.8, 4) is 0 Å². The SMILES string of the molecule is CC(=O)Nc1ccc(N2C(=O)[C@@H]3[C@H](C2=O)[C@H]2CC(=O)[C@@H]3c3ccccc32)cc1. The Hall–Kier alpha value is -3.28. The molecule has 140 valence electrons. The molecule has 1 saturated carbocycles. The van der Waals surface area contributed by atoms with Gasteiger partial charge < -0.3 is 5.32 Å². The summed E-state index contributed by atoms with van der Waals surface area (Å²) >= 11 is 0. The summed E-state index contributed by atoms with van der Waals surface area (Å²) in [5.41, 5.74) is 2.98. The molecule has 28 heavy (non-hydrogen) atoms. The summed E-state index contributed by atoms with van der Waals surface area (Å²) in [6.45, 7) is 1.41. The van der Waals surface area contributed by atoms with Gasteiger partial charge in [0.05, 0.1) is 23.4 Å². The van der Waals surface area contributed by atoms with E-state index in [4.69, 9.17) is 0 Å². The van der Waals surface area contributed by atoms with Crippen molar-refractivity contribution in [3.05, 3.63) is 59.7 Å². The number of hydrogen-bond donors (Lipinski definition) is 1. The third-order valence-corrected chi connectivity index (χ3v) is 6.13. The van der Waals surface area contributed by atoms with Crippen molar-refractivity contribution >= 4 is 34.9 Å². The molecule has 0 radical (unpaired) electrons. The van der Waals surface area contributed by atoms with Gasteiger partial charge in [-0.15, -0.1) is 0 Å². The fraction of sp³-hybridized carbons (Fsp3) is 0.273. The van der Waals surface area contributed by atoms with Crippen molar-refractivity contribution in [2.45, 2.75) is 25.2 Å². The van der Waals surface area contributed by atoms with E-state index in [1.165, 1.54) is 11.8 Å². The van der Waals surface area contributed by atoms with Crippen LogP contribution >= 0.6 is 0 Å². The van der Waals surface area contributed by atoms with Crippen LogP contribution in [0.25, 0.3) is 0 Å². The third kappa shape index (κ3) is 2.21. The Labute approximate surface area is 161 Å². The molecule has 0 spiro atoms. The number of Topliss-reactive ketones (excluding diaryl/α,β-unsaturated/α-hetero) is 1. The molecule has 0 unspecified atom stereocenters. The number of imide groups is 1. The van der Waals surface area contributed by atoms with Gasteiger partial charge in [-0.25, -0.2) is 0 Å². The molecule has 3 aliphatic carbocycles. The first kappa shape index (κ1) is 16.9. The number of hydrogen-bond acceptors (Lipinski definition) is 4. The highest BCUT2D eigenvalue weighted by Crippen LogP contribution is 2.57. The maximum atomic E-state index is 13.2. The standard InChI is InChI=1S/C22H18N2O4/c1-11(25)23-12-6-8-13(9-7-12)24-21(27)19-16-10-17(26)18(20(19)22(24)28)15-5-3-2-4-14(15)16/h2-9,16,18-20H,10H2,1H3,(H,23,25)/t16-,18-,19+,20-/m0/s1. The minimum Gasteiger partial charge on any atom is -0.326 e. The van der Waals surface area contributed by atoms with Crippen LogP contribution in [0, 0.1) is 11.8 Å². The van der Waals surface area contributed by atoms with Crippen LogP contribution in [-0.2, 0) is 19.2 Å². The molecule has 0 aromatic heterocycles. The van der Waals surface area contributed by atoms with Gasteiger partial charge in [0.25, 0.3) is 0 Å². The lowest BCUT2D eigenvalue weighted by molar-refractivity contribution is -0.134. The van der Waals surface area contributed by atoms with Gasteiger partial charge >= 0.3 is 0 Å². The number of nitrogens with one attached hydrogen (secondary N) is 1. The molecule has 3 amide bonds. The van der Waals surface area contributed by atoms with Gasteiger partial charge in [-0.05, 0) is 35.4 Å². The molecule has 1 N–H and O–H groups in total. The second-order valence-corrected chi connectivity index (χ2v) is 7.68. The summed E-state index contributed by atoms with van der Waals surface area (Å²) in [7, 11) is 0. The van der Waals surface area contributed by atoms with E-state index < -0.39 is 17.8 Å². The van der Waals surface area contributed by atoms with E-state index in [2.05, 4.69) is 5.32 Å². The van der Waals surface area contributed by atoms with E-state index in [1.54, 1.807) is 24.3 Å². The predicted octanol–water partition coefficient (Wildman–Crippen LogP) is 2.60. The molecule has 6 nitrogen and oxygen atoms in total. The fourth-order valence-corrected chi connectivity index (χ4v) is 5.11. The number of ketones is 1. The molecule has 1 heterocycles. The average Bonchev–Trinajstić information content (AvgIpc) is 2.94. The van der Waals surface area contributed by atoms with Gasteiger partial charge in [-0.2, -0.15) is 0 Å². The Balaban J connectivity index is 1.54. The quantitative estimate of drug-likeness (QED) is 0.819. The second kappa shape index (κ2) is 5.86. The van der Waals surface area contributed by atoms with E-state index in [0.717, 1.165) is 11.1 Å². The molecule has 4 atom stereocenters. The summed E-state index contributed by atoms with van der Waals surface area (Å²) in [6.07, 6.45) is 0.317. The number of benzene rings is 2. The Bertz CT molecular complexity index is 1040. The van der Waals surface area contributed by atoms with Crippen molar-refractivity contribution in [1.82, 2.24) is 0 Å². The number of fused-ring (bicyclic) bond motifs is 1. The minimum absolute atomic E-state index is 0.0500. The largest absolute Gasteiger partial charge is 0.326 e. The maximum Gasteiger partial charge on any atom is 0.238 e. The fourth-order valence-electron chi connectivity index (χ4n) is 5.11. The van der Waals surface area contributed by atoms with Crippen LogP contribution in [-0.4, -0.2) is 23.5 Å². The zero-order valence-electron chi connectivity index (χ0n) is 15.2. The molecule has 4 aliphatic rings. The van der Waals surface area contributed by atoms with E-state index in [0.29, 0.717) is 17.8 Å². The molecule has 1 saturated heterocycles. The highest BCUT2D eigenvalue weighted by atomic mass is 16.2. The number of nitrogens with zero attached hydrogens (tertiary/aromatic N) is 1. The van der Waals surface area contributed by atoms with Gasteiger partial charge in [0, 0.05) is 24.9 Å². The predicted molar refractivity (Wildman–Crippen MR) is 102 cm³/mol.